The number of hydrogen-bond acceptors (Lipinski definition) is 3. The predicted octanol–water partition coefficient (Wildman–Crippen LogP) is 6.24. The van der Waals surface area contributed by atoms with Crippen molar-refractivity contribution in [2.24, 2.45) is 17.8 Å². The van der Waals surface area contributed by atoms with Gasteiger partial charge in [-0.1, -0.05) is 59.9 Å². The Kier molecular flexibility index (Phi) is 3.71. The topological polar surface area (TPSA) is 48.6 Å². The molecule has 0 unspecified atom stereocenters. The summed E-state index contributed by atoms with van der Waals surface area (Å²) in [6.45, 7) is 0. The average molecular weight is 431 g/mol. The molecule has 0 spiro atoms. The number of fused-ring (bicyclic) bond motifs is 7. The zero-order valence-electron chi connectivity index (χ0n) is 16.4. The summed E-state index contributed by atoms with van der Waals surface area (Å²) in [5.74, 6) is 2.49. The lowest BCUT2D eigenvalue weighted by Crippen LogP contribution is -2.33. The lowest BCUT2D eigenvalue weighted by molar-refractivity contribution is 0.309. The summed E-state index contributed by atoms with van der Waals surface area (Å²) in [4.78, 5) is 20.7. The molecule has 30 heavy (non-hydrogen) atoms. The molecule has 2 N–H and O–H groups in total. The highest BCUT2D eigenvalue weighted by Crippen LogP contribution is 2.64. The van der Waals surface area contributed by atoms with Crippen molar-refractivity contribution in [1.82, 2.24) is 9.97 Å². The largest absolute Gasteiger partial charge is 0.354 e. The Morgan fingerprint density at radius 1 is 0.900 bits per heavy atom. The van der Waals surface area contributed by atoms with Crippen LogP contribution in [-0.2, 0) is 0 Å². The van der Waals surface area contributed by atoms with E-state index in [1.165, 1.54) is 63.2 Å². The van der Waals surface area contributed by atoms with Crippen LogP contribution < -0.4 is 4.87 Å². The average Bonchev–Trinajstić information content (AvgIpc) is 3.54. The van der Waals surface area contributed by atoms with Gasteiger partial charge in [0.25, 0.3) is 0 Å². The van der Waals surface area contributed by atoms with E-state index in [1.54, 1.807) is 0 Å². The van der Waals surface area contributed by atoms with E-state index in [9.17, 15) is 4.79 Å². The van der Waals surface area contributed by atoms with Gasteiger partial charge in [0.05, 0.1) is 10.7 Å². The Balaban J connectivity index is 1.54. The first kappa shape index (κ1) is 17.4. The smallest absolute Gasteiger partial charge is 0.305 e. The van der Waals surface area contributed by atoms with Gasteiger partial charge in [-0.15, -0.1) is 11.8 Å². The van der Waals surface area contributed by atoms with Crippen LogP contribution in [0.2, 0.25) is 0 Å². The number of hydrogen-bond donors (Lipinski definition) is 2. The van der Waals surface area contributed by atoms with Crippen LogP contribution in [0.5, 0.6) is 0 Å². The molecule has 2 aromatic heterocycles. The third-order valence-corrected chi connectivity index (χ3v) is 10.2. The number of thioether (sulfide) groups is 1. The summed E-state index contributed by atoms with van der Waals surface area (Å²) in [6, 6.07) is 19.4. The second-order valence-electron chi connectivity index (χ2n) is 9.00. The molecular weight excluding hydrogens is 408 g/mol. The lowest BCUT2D eigenvalue weighted by atomic mass is 9.73. The van der Waals surface area contributed by atoms with E-state index in [0.29, 0.717) is 11.2 Å². The zero-order valence-corrected chi connectivity index (χ0v) is 18.1. The fraction of sp³-hybridized carbons (Fsp3) is 0.320. The molecule has 5 heteroatoms. The summed E-state index contributed by atoms with van der Waals surface area (Å²) in [5.41, 5.74) is 5.04. The van der Waals surface area contributed by atoms with E-state index in [1.807, 2.05) is 11.8 Å². The molecule has 2 aliphatic carbocycles. The molecule has 1 aliphatic heterocycles. The molecule has 3 aliphatic rings. The maximum Gasteiger partial charge on any atom is 0.305 e. The highest BCUT2D eigenvalue weighted by atomic mass is 32.2. The Bertz CT molecular complexity index is 1320. The van der Waals surface area contributed by atoms with E-state index in [-0.39, 0.29) is 10.8 Å². The first-order valence-electron chi connectivity index (χ1n) is 10.8. The lowest BCUT2D eigenvalue weighted by Gasteiger charge is -2.40. The number of H-pyrrole nitrogens is 2. The van der Waals surface area contributed by atoms with Gasteiger partial charge in [-0.25, -0.2) is 0 Å². The van der Waals surface area contributed by atoms with Gasteiger partial charge in [0.1, 0.15) is 0 Å². The number of benzene rings is 2. The molecular formula is C25H22N2OS2. The Hall–Kier alpha value is -2.24. The normalized spacial score (nSPS) is 29.3. The number of aromatic amines is 2. The van der Waals surface area contributed by atoms with Crippen molar-refractivity contribution in [2.75, 3.05) is 0 Å². The fourth-order valence-electron chi connectivity index (χ4n) is 6.49. The van der Waals surface area contributed by atoms with Crippen LogP contribution in [0, 0.1) is 17.8 Å². The van der Waals surface area contributed by atoms with Gasteiger partial charge < -0.3 is 9.97 Å². The quantitative estimate of drug-likeness (QED) is 0.396. The standard InChI is InChI=1S/C25H22N2OS2/c28-25-27-24-23(30-25)20(18-14-10-11-15(12-14)22(18)29-24)19-16-8-4-5-9-17(16)26-21(19)13-6-2-1-3-7-13/h1-9,14-15,18,20,22,26H,10-12H2,(H,27,28)/t14-,15-,18+,20-,22+/m0/s1. The molecule has 0 amide bonds. The first-order valence-corrected chi connectivity index (χ1v) is 12.5. The van der Waals surface area contributed by atoms with Gasteiger partial charge in [-0.05, 0) is 54.2 Å². The summed E-state index contributed by atoms with van der Waals surface area (Å²) < 4.78 is 0. The highest BCUT2D eigenvalue weighted by molar-refractivity contribution is 8.00. The van der Waals surface area contributed by atoms with Crippen molar-refractivity contribution in [2.45, 2.75) is 35.5 Å². The van der Waals surface area contributed by atoms with Crippen molar-refractivity contribution in [1.29, 1.82) is 0 Å². The Morgan fingerprint density at radius 2 is 1.70 bits per heavy atom. The van der Waals surface area contributed by atoms with Gasteiger partial charge in [0, 0.05) is 26.9 Å². The molecule has 2 saturated carbocycles. The van der Waals surface area contributed by atoms with Gasteiger partial charge in [-0.2, -0.15) is 0 Å². The third-order valence-electron chi connectivity index (χ3n) is 7.59. The molecule has 7 rings (SSSR count). The molecule has 0 saturated heterocycles. The van der Waals surface area contributed by atoms with E-state index in [4.69, 9.17) is 0 Å². The molecule has 4 aromatic rings. The number of thiazole rings is 1. The zero-order chi connectivity index (χ0) is 19.8. The fourth-order valence-corrected chi connectivity index (χ4v) is 9.37. The number of aromatic nitrogens is 2. The minimum absolute atomic E-state index is 0.0888. The van der Waals surface area contributed by atoms with Crippen molar-refractivity contribution in [3.8, 4) is 11.3 Å². The minimum Gasteiger partial charge on any atom is -0.354 e. The van der Waals surface area contributed by atoms with Crippen LogP contribution in [0.15, 0.2) is 64.4 Å². The minimum atomic E-state index is 0.0888. The van der Waals surface area contributed by atoms with E-state index in [2.05, 4.69) is 64.6 Å². The maximum atomic E-state index is 12.4. The van der Waals surface area contributed by atoms with Crippen LogP contribution >= 0.6 is 23.1 Å². The molecule has 0 radical (unpaired) electrons. The number of nitrogens with one attached hydrogen (secondary N) is 2. The molecule has 3 nitrogen and oxygen atoms in total. The molecule has 2 bridgehead atoms. The van der Waals surface area contributed by atoms with Gasteiger partial charge in [0.15, 0.2) is 0 Å². The van der Waals surface area contributed by atoms with Crippen molar-refractivity contribution in [3.05, 3.63) is 74.7 Å². The van der Waals surface area contributed by atoms with Gasteiger partial charge in [-0.3, -0.25) is 4.79 Å². The van der Waals surface area contributed by atoms with Crippen molar-refractivity contribution >= 4 is 34.0 Å². The second-order valence-corrected chi connectivity index (χ2v) is 11.2. The van der Waals surface area contributed by atoms with E-state index < -0.39 is 0 Å². The molecule has 5 atom stereocenters. The summed E-state index contributed by atoms with van der Waals surface area (Å²) in [7, 11) is 0. The first-order chi connectivity index (χ1) is 14.8. The second kappa shape index (κ2) is 6.38. The summed E-state index contributed by atoms with van der Waals surface area (Å²) >= 11 is 3.40. The van der Waals surface area contributed by atoms with E-state index >= 15 is 0 Å². The van der Waals surface area contributed by atoms with Crippen LogP contribution in [0.4, 0.5) is 0 Å². The monoisotopic (exact) mass is 430 g/mol. The number of para-hydroxylation sites is 1. The molecule has 2 fully saturated rings. The van der Waals surface area contributed by atoms with Crippen LogP contribution in [-0.4, -0.2) is 15.2 Å². The van der Waals surface area contributed by atoms with Crippen LogP contribution in [0.25, 0.3) is 22.2 Å². The van der Waals surface area contributed by atoms with Crippen molar-refractivity contribution in [3.63, 3.8) is 0 Å². The predicted molar refractivity (Wildman–Crippen MR) is 124 cm³/mol. The number of rotatable bonds is 2. The van der Waals surface area contributed by atoms with Crippen molar-refractivity contribution < 1.29 is 0 Å². The summed E-state index contributed by atoms with van der Waals surface area (Å²) in [6.07, 6.45) is 4.07. The maximum absolute atomic E-state index is 12.4. The van der Waals surface area contributed by atoms with Crippen LogP contribution in [0.1, 0.15) is 35.6 Å². The third kappa shape index (κ3) is 2.36. The SMILES string of the molecule is O=c1[nH]c2c(s1)[C@H](c1c(-c3ccccc3)[nH]c3ccccc13)[C@H]1[C@H]3CC[C@@H](C3)[C@H]1S2. The van der Waals surface area contributed by atoms with Gasteiger partial charge >= 0.3 is 4.87 Å². The Labute approximate surface area is 182 Å². The van der Waals surface area contributed by atoms with E-state index in [0.717, 1.165) is 16.9 Å². The highest BCUT2D eigenvalue weighted by Gasteiger charge is 2.55. The summed E-state index contributed by atoms with van der Waals surface area (Å²) in [5, 5.41) is 3.07. The van der Waals surface area contributed by atoms with Gasteiger partial charge in [0.2, 0.25) is 0 Å². The molecule has 3 heterocycles. The Morgan fingerprint density at radius 3 is 2.60 bits per heavy atom. The molecule has 150 valence electrons. The van der Waals surface area contributed by atoms with Crippen LogP contribution in [0.3, 0.4) is 0 Å². The molecule has 2 aromatic carbocycles.